The van der Waals surface area contributed by atoms with E-state index in [1.165, 1.54) is 24.3 Å². The van der Waals surface area contributed by atoms with Crippen molar-refractivity contribution in [1.29, 1.82) is 0 Å². The molecule has 2 atom stereocenters. The molecule has 8 nitrogen and oxygen atoms in total. The fraction of sp³-hybridized carbons (Fsp3) is 0.500. The van der Waals surface area contributed by atoms with E-state index in [1.54, 1.807) is 0 Å². The van der Waals surface area contributed by atoms with E-state index in [2.05, 4.69) is 10.0 Å². The average Bonchev–Trinajstić information content (AvgIpc) is 2.82. The Morgan fingerprint density at radius 1 is 1.26 bits per heavy atom. The van der Waals surface area contributed by atoms with Crippen molar-refractivity contribution in [2.24, 2.45) is 5.92 Å². The number of rotatable bonds is 5. The molecule has 3 amide bonds. The molecule has 146 valence electrons. The zero-order chi connectivity index (χ0) is 19.8. The third-order valence-corrected chi connectivity index (χ3v) is 5.92. The highest BCUT2D eigenvalue weighted by Gasteiger charge is 2.55. The lowest BCUT2D eigenvalue weighted by molar-refractivity contribution is -0.133. The minimum absolute atomic E-state index is 0.0316. The summed E-state index contributed by atoms with van der Waals surface area (Å²) in [5.74, 6) is -0.683. The SMILES string of the molecule is C[C@H]1CCCC[C@]12NC(=O)N(CC(=O)c1ccc(NS(C)(=O)=O)cc1)C2=O. The van der Waals surface area contributed by atoms with Crippen LogP contribution in [0.1, 0.15) is 43.0 Å². The summed E-state index contributed by atoms with van der Waals surface area (Å²) in [6.45, 7) is 1.62. The fourth-order valence-corrected chi connectivity index (χ4v) is 4.38. The lowest BCUT2D eigenvalue weighted by atomic mass is 9.73. The normalized spacial score (nSPS) is 25.6. The van der Waals surface area contributed by atoms with Gasteiger partial charge in [-0.15, -0.1) is 0 Å². The highest BCUT2D eigenvalue weighted by molar-refractivity contribution is 7.92. The zero-order valence-corrected chi connectivity index (χ0v) is 16.1. The van der Waals surface area contributed by atoms with Crippen LogP contribution in [0.5, 0.6) is 0 Å². The summed E-state index contributed by atoms with van der Waals surface area (Å²) in [6, 6.07) is 5.33. The Bertz CT molecular complexity index is 881. The smallest absolute Gasteiger partial charge is 0.323 e. The average molecular weight is 393 g/mol. The molecule has 3 rings (SSSR count). The summed E-state index contributed by atoms with van der Waals surface area (Å²) >= 11 is 0. The van der Waals surface area contributed by atoms with Gasteiger partial charge in [0.15, 0.2) is 5.78 Å². The van der Waals surface area contributed by atoms with Gasteiger partial charge in [0.2, 0.25) is 10.0 Å². The highest BCUT2D eigenvalue weighted by atomic mass is 32.2. The Morgan fingerprint density at radius 2 is 1.93 bits per heavy atom. The summed E-state index contributed by atoms with van der Waals surface area (Å²) in [6.07, 6.45) is 4.38. The molecule has 0 radical (unpaired) electrons. The van der Waals surface area contributed by atoms with Crippen LogP contribution in [0.15, 0.2) is 24.3 Å². The van der Waals surface area contributed by atoms with Gasteiger partial charge in [-0.25, -0.2) is 13.2 Å². The first kappa shape index (κ1) is 19.3. The van der Waals surface area contributed by atoms with E-state index < -0.39 is 21.6 Å². The van der Waals surface area contributed by atoms with E-state index in [1.807, 2.05) is 6.92 Å². The number of ketones is 1. The summed E-state index contributed by atoms with van der Waals surface area (Å²) < 4.78 is 24.8. The lowest BCUT2D eigenvalue weighted by Gasteiger charge is -2.36. The van der Waals surface area contributed by atoms with Crippen molar-refractivity contribution >= 4 is 33.4 Å². The Morgan fingerprint density at radius 3 is 2.52 bits per heavy atom. The monoisotopic (exact) mass is 393 g/mol. The van der Waals surface area contributed by atoms with Crippen molar-refractivity contribution in [2.75, 3.05) is 17.5 Å². The Balaban J connectivity index is 1.72. The number of carbonyl (C=O) groups is 3. The molecule has 1 spiro atoms. The maximum absolute atomic E-state index is 12.9. The number of imide groups is 1. The third kappa shape index (κ3) is 3.83. The predicted octanol–water partition coefficient (Wildman–Crippen LogP) is 1.74. The number of sulfonamides is 1. The highest BCUT2D eigenvalue weighted by Crippen LogP contribution is 2.38. The molecule has 0 unspecified atom stereocenters. The zero-order valence-electron chi connectivity index (χ0n) is 15.3. The van der Waals surface area contributed by atoms with Gasteiger partial charge in [0.05, 0.1) is 12.8 Å². The van der Waals surface area contributed by atoms with E-state index >= 15 is 0 Å². The molecule has 1 aromatic carbocycles. The van der Waals surface area contributed by atoms with Gasteiger partial charge in [-0.3, -0.25) is 19.2 Å². The second kappa shape index (κ2) is 6.95. The summed E-state index contributed by atoms with van der Waals surface area (Å²) in [4.78, 5) is 38.8. The molecule has 1 aliphatic carbocycles. The summed E-state index contributed by atoms with van der Waals surface area (Å²) in [5.41, 5.74) is -0.259. The van der Waals surface area contributed by atoms with Gasteiger partial charge in [-0.1, -0.05) is 19.8 Å². The van der Waals surface area contributed by atoms with E-state index in [0.29, 0.717) is 17.7 Å². The number of hydrogen-bond donors (Lipinski definition) is 2. The molecule has 0 bridgehead atoms. The number of urea groups is 1. The van der Waals surface area contributed by atoms with Gasteiger partial charge in [-0.05, 0) is 43.0 Å². The van der Waals surface area contributed by atoms with Gasteiger partial charge >= 0.3 is 6.03 Å². The second-order valence-electron chi connectivity index (χ2n) is 7.31. The molecule has 27 heavy (non-hydrogen) atoms. The molecule has 2 fully saturated rings. The molecule has 9 heteroatoms. The Kier molecular flexibility index (Phi) is 4.98. The number of nitrogens with zero attached hydrogens (tertiary/aromatic N) is 1. The third-order valence-electron chi connectivity index (χ3n) is 5.31. The van der Waals surface area contributed by atoms with Crippen molar-refractivity contribution in [1.82, 2.24) is 10.2 Å². The van der Waals surface area contributed by atoms with Gasteiger partial charge in [-0.2, -0.15) is 0 Å². The van der Waals surface area contributed by atoms with Gasteiger partial charge in [0.25, 0.3) is 5.91 Å². The van der Waals surface area contributed by atoms with E-state index in [4.69, 9.17) is 0 Å². The first-order valence-corrected chi connectivity index (χ1v) is 10.8. The lowest BCUT2D eigenvalue weighted by Crippen LogP contribution is -2.54. The maximum atomic E-state index is 12.9. The van der Waals surface area contributed by atoms with Crippen molar-refractivity contribution in [3.05, 3.63) is 29.8 Å². The van der Waals surface area contributed by atoms with Crippen LogP contribution in [-0.4, -0.2) is 49.4 Å². The minimum atomic E-state index is -3.41. The van der Waals surface area contributed by atoms with Crippen molar-refractivity contribution in [3.8, 4) is 0 Å². The number of anilines is 1. The topological polar surface area (TPSA) is 113 Å². The van der Waals surface area contributed by atoms with Crippen molar-refractivity contribution in [2.45, 2.75) is 38.1 Å². The van der Waals surface area contributed by atoms with Gasteiger partial charge in [0.1, 0.15) is 5.54 Å². The molecule has 0 aromatic heterocycles. The van der Waals surface area contributed by atoms with Gasteiger partial charge in [0, 0.05) is 11.3 Å². The predicted molar refractivity (Wildman–Crippen MR) is 99.8 cm³/mol. The van der Waals surface area contributed by atoms with Crippen LogP contribution < -0.4 is 10.0 Å². The quantitative estimate of drug-likeness (QED) is 0.584. The van der Waals surface area contributed by atoms with E-state index in [0.717, 1.165) is 30.4 Å². The second-order valence-corrected chi connectivity index (χ2v) is 9.06. The van der Waals surface area contributed by atoms with Crippen LogP contribution >= 0.6 is 0 Å². The number of Topliss-reactive ketones (excluding diaryl/α,β-unsaturated/α-hetero) is 1. The minimum Gasteiger partial charge on any atom is -0.323 e. The van der Waals surface area contributed by atoms with Crippen LogP contribution in [0.2, 0.25) is 0 Å². The first-order chi connectivity index (χ1) is 12.6. The molecule has 1 heterocycles. The maximum Gasteiger partial charge on any atom is 0.325 e. The summed E-state index contributed by atoms with van der Waals surface area (Å²) in [7, 11) is -3.41. The molecular weight excluding hydrogens is 370 g/mol. The number of nitrogens with one attached hydrogen (secondary N) is 2. The van der Waals surface area contributed by atoms with Crippen molar-refractivity contribution in [3.63, 3.8) is 0 Å². The molecule has 1 aromatic rings. The number of amides is 3. The fourth-order valence-electron chi connectivity index (χ4n) is 3.81. The van der Waals surface area contributed by atoms with Crippen LogP contribution in [0.25, 0.3) is 0 Å². The van der Waals surface area contributed by atoms with Crippen LogP contribution in [0, 0.1) is 5.92 Å². The van der Waals surface area contributed by atoms with Crippen LogP contribution in [0.4, 0.5) is 10.5 Å². The largest absolute Gasteiger partial charge is 0.325 e. The number of benzene rings is 1. The Hall–Kier alpha value is -2.42. The van der Waals surface area contributed by atoms with Crippen molar-refractivity contribution < 1.29 is 22.8 Å². The van der Waals surface area contributed by atoms with Gasteiger partial charge < -0.3 is 5.32 Å². The molecule has 1 saturated carbocycles. The molecule has 2 N–H and O–H groups in total. The Labute approximate surface area is 158 Å². The summed E-state index contributed by atoms with van der Waals surface area (Å²) in [5, 5.41) is 2.82. The molecule has 2 aliphatic rings. The van der Waals surface area contributed by atoms with Crippen LogP contribution in [-0.2, 0) is 14.8 Å². The standard InChI is InChI=1S/C18H23N3O5S/c1-12-5-3-4-10-18(12)16(23)21(17(24)19-18)11-15(22)13-6-8-14(9-7-13)20-27(2,25)26/h6-9,12,20H,3-5,10-11H2,1-2H3,(H,19,24)/t12-,18-/m0/s1. The van der Waals surface area contributed by atoms with E-state index in [-0.39, 0.29) is 24.2 Å². The first-order valence-electron chi connectivity index (χ1n) is 8.87. The molecular formula is C18H23N3O5S. The van der Waals surface area contributed by atoms with E-state index in [9.17, 15) is 22.8 Å². The number of carbonyl (C=O) groups excluding carboxylic acids is 3. The number of hydrogen-bond acceptors (Lipinski definition) is 5. The molecule has 1 aliphatic heterocycles. The van der Waals surface area contributed by atoms with Crippen LogP contribution in [0.3, 0.4) is 0 Å². The molecule has 1 saturated heterocycles.